The molecule has 158 valence electrons. The van der Waals surface area contributed by atoms with E-state index in [2.05, 4.69) is 20.5 Å². The first-order valence-electron chi connectivity index (χ1n) is 10.1. The van der Waals surface area contributed by atoms with E-state index in [1.54, 1.807) is 12.5 Å². The number of benzene rings is 2. The SMILES string of the molecule is Cc1ccc(-c2n[nH]c(=S)n2CCC(=O)N[C@H](C)c2ccc(-n3ccnc3)cc2)cc1. The molecule has 2 aromatic carbocycles. The lowest BCUT2D eigenvalue weighted by Crippen LogP contribution is -2.27. The third kappa shape index (κ3) is 4.80. The summed E-state index contributed by atoms with van der Waals surface area (Å²) >= 11 is 5.37. The second-order valence-electron chi connectivity index (χ2n) is 7.47. The predicted octanol–water partition coefficient (Wildman–Crippen LogP) is 4.37. The van der Waals surface area contributed by atoms with E-state index in [1.807, 2.05) is 77.7 Å². The summed E-state index contributed by atoms with van der Waals surface area (Å²) in [7, 11) is 0. The van der Waals surface area contributed by atoms with Gasteiger partial charge in [-0.05, 0) is 43.8 Å². The Labute approximate surface area is 185 Å². The molecular weight excluding hydrogens is 408 g/mol. The predicted molar refractivity (Wildman–Crippen MR) is 122 cm³/mol. The van der Waals surface area contributed by atoms with Crippen molar-refractivity contribution in [2.75, 3.05) is 0 Å². The smallest absolute Gasteiger partial charge is 0.222 e. The molecule has 2 aromatic heterocycles. The molecule has 0 aliphatic heterocycles. The van der Waals surface area contributed by atoms with Crippen molar-refractivity contribution in [3.63, 3.8) is 0 Å². The summed E-state index contributed by atoms with van der Waals surface area (Å²) in [6.07, 6.45) is 5.70. The van der Waals surface area contributed by atoms with Gasteiger partial charge >= 0.3 is 0 Å². The molecule has 1 amide bonds. The maximum Gasteiger partial charge on any atom is 0.222 e. The number of H-pyrrole nitrogens is 1. The van der Waals surface area contributed by atoms with Gasteiger partial charge < -0.3 is 9.88 Å². The fourth-order valence-electron chi connectivity index (χ4n) is 3.41. The van der Waals surface area contributed by atoms with Crippen molar-refractivity contribution in [3.05, 3.63) is 83.1 Å². The molecule has 0 aliphatic rings. The molecule has 1 atom stereocenters. The van der Waals surface area contributed by atoms with E-state index in [4.69, 9.17) is 12.2 Å². The van der Waals surface area contributed by atoms with E-state index in [-0.39, 0.29) is 11.9 Å². The van der Waals surface area contributed by atoms with Gasteiger partial charge in [0.05, 0.1) is 12.4 Å². The van der Waals surface area contributed by atoms with Crippen LogP contribution in [0.5, 0.6) is 0 Å². The highest BCUT2D eigenvalue weighted by Gasteiger charge is 2.13. The van der Waals surface area contributed by atoms with E-state index < -0.39 is 0 Å². The zero-order valence-electron chi connectivity index (χ0n) is 17.4. The Balaban J connectivity index is 1.38. The summed E-state index contributed by atoms with van der Waals surface area (Å²) in [4.78, 5) is 16.6. The van der Waals surface area contributed by atoms with Crippen molar-refractivity contribution in [1.29, 1.82) is 0 Å². The third-order valence-electron chi connectivity index (χ3n) is 5.20. The number of imidazole rings is 1. The fraction of sp³-hybridized carbons (Fsp3) is 0.217. The molecule has 31 heavy (non-hydrogen) atoms. The number of amides is 1. The molecule has 0 unspecified atom stereocenters. The number of nitrogens with one attached hydrogen (secondary N) is 2. The van der Waals surface area contributed by atoms with Gasteiger partial charge in [0.15, 0.2) is 10.6 Å². The summed E-state index contributed by atoms with van der Waals surface area (Å²) in [5.41, 5.74) is 4.20. The summed E-state index contributed by atoms with van der Waals surface area (Å²) in [6, 6.07) is 16.0. The number of carbonyl (C=O) groups excluding carboxylic acids is 1. The summed E-state index contributed by atoms with van der Waals surface area (Å²) in [5.74, 6) is 0.699. The van der Waals surface area contributed by atoms with Crippen LogP contribution >= 0.6 is 12.2 Å². The molecular formula is C23H24N6OS. The Morgan fingerprint density at radius 2 is 1.90 bits per heavy atom. The number of aromatic amines is 1. The van der Waals surface area contributed by atoms with Gasteiger partial charge in [-0.1, -0.05) is 42.0 Å². The van der Waals surface area contributed by atoms with Gasteiger partial charge in [-0.2, -0.15) is 5.10 Å². The van der Waals surface area contributed by atoms with Crippen molar-refractivity contribution in [1.82, 2.24) is 29.6 Å². The summed E-state index contributed by atoms with van der Waals surface area (Å²) in [5, 5.41) is 10.2. The molecule has 2 N–H and O–H groups in total. The average Bonchev–Trinajstić information content (AvgIpc) is 3.43. The Morgan fingerprint density at radius 3 is 2.58 bits per heavy atom. The first kappa shape index (κ1) is 20.7. The lowest BCUT2D eigenvalue weighted by Gasteiger charge is -2.15. The number of hydrogen-bond acceptors (Lipinski definition) is 4. The molecule has 4 rings (SSSR count). The van der Waals surface area contributed by atoms with E-state index in [1.165, 1.54) is 5.56 Å². The Kier molecular flexibility index (Phi) is 6.08. The van der Waals surface area contributed by atoms with Crippen LogP contribution in [0, 0.1) is 11.7 Å². The van der Waals surface area contributed by atoms with E-state index in [9.17, 15) is 4.79 Å². The molecule has 0 saturated carbocycles. The normalized spacial score (nSPS) is 11.9. The Bertz CT molecular complexity index is 1210. The monoisotopic (exact) mass is 432 g/mol. The maximum atomic E-state index is 12.6. The summed E-state index contributed by atoms with van der Waals surface area (Å²) in [6.45, 7) is 4.47. The second kappa shape index (κ2) is 9.09. The highest BCUT2D eigenvalue weighted by molar-refractivity contribution is 7.71. The van der Waals surface area contributed by atoms with Crippen LogP contribution in [0.25, 0.3) is 17.1 Å². The number of rotatable bonds is 7. The molecule has 0 spiro atoms. The molecule has 8 heteroatoms. The molecule has 7 nitrogen and oxygen atoms in total. The zero-order chi connectivity index (χ0) is 21.8. The molecule has 2 heterocycles. The van der Waals surface area contributed by atoms with Gasteiger partial charge in [0.2, 0.25) is 5.91 Å². The highest BCUT2D eigenvalue weighted by atomic mass is 32.1. The minimum Gasteiger partial charge on any atom is -0.350 e. The first-order valence-corrected chi connectivity index (χ1v) is 10.5. The highest BCUT2D eigenvalue weighted by Crippen LogP contribution is 2.19. The van der Waals surface area contributed by atoms with E-state index >= 15 is 0 Å². The van der Waals surface area contributed by atoms with Crippen LogP contribution in [0.1, 0.15) is 30.5 Å². The molecule has 0 fully saturated rings. The topological polar surface area (TPSA) is 80.5 Å². The van der Waals surface area contributed by atoms with Crippen LogP contribution in [0.2, 0.25) is 0 Å². The van der Waals surface area contributed by atoms with Crippen LogP contribution in [-0.4, -0.2) is 30.2 Å². The van der Waals surface area contributed by atoms with Crippen molar-refractivity contribution in [2.45, 2.75) is 32.9 Å². The second-order valence-corrected chi connectivity index (χ2v) is 7.86. The molecule has 0 saturated heterocycles. The number of aryl methyl sites for hydroxylation is 1. The number of nitrogens with zero attached hydrogens (tertiary/aromatic N) is 4. The number of aromatic nitrogens is 5. The largest absolute Gasteiger partial charge is 0.350 e. The number of hydrogen-bond donors (Lipinski definition) is 2. The van der Waals surface area contributed by atoms with E-state index in [0.717, 1.165) is 22.6 Å². The van der Waals surface area contributed by atoms with Crippen LogP contribution in [0.15, 0.2) is 67.3 Å². The Morgan fingerprint density at radius 1 is 1.16 bits per heavy atom. The molecule has 0 bridgehead atoms. The fourth-order valence-corrected chi connectivity index (χ4v) is 3.63. The average molecular weight is 433 g/mol. The maximum absolute atomic E-state index is 12.6. The van der Waals surface area contributed by atoms with Crippen molar-refractivity contribution in [3.8, 4) is 17.1 Å². The van der Waals surface area contributed by atoms with Crippen molar-refractivity contribution < 1.29 is 4.79 Å². The van der Waals surface area contributed by atoms with Gasteiger partial charge in [0.1, 0.15) is 0 Å². The van der Waals surface area contributed by atoms with Gasteiger partial charge in [0, 0.05) is 36.6 Å². The number of carbonyl (C=O) groups is 1. The van der Waals surface area contributed by atoms with Gasteiger partial charge in [-0.15, -0.1) is 0 Å². The standard InChI is InChI=1S/C23H24N6OS/c1-16-3-5-19(6-4-16)22-26-27-23(31)29(22)13-11-21(30)25-17(2)18-7-9-20(10-8-18)28-14-12-24-15-28/h3-10,12,14-15,17H,11,13H2,1-2H3,(H,25,30)(H,27,31)/t17-/m1/s1. The lowest BCUT2D eigenvalue weighted by atomic mass is 10.1. The first-order chi connectivity index (χ1) is 15.0. The zero-order valence-corrected chi connectivity index (χ0v) is 18.3. The minimum atomic E-state index is -0.0989. The van der Waals surface area contributed by atoms with Crippen LogP contribution in [0.3, 0.4) is 0 Å². The van der Waals surface area contributed by atoms with E-state index in [0.29, 0.717) is 17.7 Å². The molecule has 4 aromatic rings. The third-order valence-corrected chi connectivity index (χ3v) is 5.52. The molecule has 0 aliphatic carbocycles. The lowest BCUT2D eigenvalue weighted by molar-refractivity contribution is -0.121. The van der Waals surface area contributed by atoms with Crippen LogP contribution < -0.4 is 5.32 Å². The van der Waals surface area contributed by atoms with Crippen LogP contribution in [-0.2, 0) is 11.3 Å². The molecule has 0 radical (unpaired) electrons. The Hall–Kier alpha value is -3.52. The van der Waals surface area contributed by atoms with Gasteiger partial charge in [-0.3, -0.25) is 14.5 Å². The van der Waals surface area contributed by atoms with Crippen molar-refractivity contribution in [2.24, 2.45) is 0 Å². The van der Waals surface area contributed by atoms with Gasteiger partial charge in [0.25, 0.3) is 0 Å². The minimum absolute atomic E-state index is 0.0378. The van der Waals surface area contributed by atoms with Crippen molar-refractivity contribution >= 4 is 18.1 Å². The summed E-state index contributed by atoms with van der Waals surface area (Å²) < 4.78 is 4.31. The van der Waals surface area contributed by atoms with Crippen LogP contribution in [0.4, 0.5) is 0 Å². The van der Waals surface area contributed by atoms with Gasteiger partial charge in [-0.25, -0.2) is 4.98 Å². The quantitative estimate of drug-likeness (QED) is 0.425.